The van der Waals surface area contributed by atoms with Gasteiger partial charge in [-0.25, -0.2) is 18.6 Å². The molecule has 0 spiro atoms. The zero-order valence-electron chi connectivity index (χ0n) is 8.34. The Kier molecular flexibility index (Phi) is 4.17. The van der Waals surface area contributed by atoms with Crippen molar-refractivity contribution >= 4 is 27.6 Å². The fraction of sp³-hybridized carbons (Fsp3) is 0.333. The maximum atomic E-state index is 12.6. The molecule has 0 amide bonds. The van der Waals surface area contributed by atoms with E-state index in [0.29, 0.717) is 0 Å². The largest absolute Gasteiger partial charge is 0.461 e. The first-order valence-corrected chi connectivity index (χ1v) is 5.17. The summed E-state index contributed by atoms with van der Waals surface area (Å²) >= 11 is 2.91. The van der Waals surface area contributed by atoms with Gasteiger partial charge in [-0.15, -0.1) is 0 Å². The predicted molar refractivity (Wildman–Crippen MR) is 57.3 cm³/mol. The molecule has 0 bridgehead atoms. The van der Waals surface area contributed by atoms with Gasteiger partial charge in [-0.1, -0.05) is 0 Å². The molecule has 7 heteroatoms. The third-order valence-electron chi connectivity index (χ3n) is 1.76. The number of halogens is 3. The molecule has 2 N–H and O–H groups in total. The van der Waals surface area contributed by atoms with E-state index < -0.39 is 18.0 Å². The predicted octanol–water partition coefficient (Wildman–Crippen LogP) is 2.54. The maximum absolute atomic E-state index is 12.6. The number of hydrogen-bond donors (Lipinski definition) is 1. The first kappa shape index (κ1) is 12.8. The second-order valence-corrected chi connectivity index (χ2v) is 3.57. The molecule has 0 saturated heterocycles. The van der Waals surface area contributed by atoms with Gasteiger partial charge in [0.15, 0.2) is 0 Å². The van der Waals surface area contributed by atoms with E-state index in [-0.39, 0.29) is 22.6 Å². The number of aromatic nitrogens is 1. The summed E-state index contributed by atoms with van der Waals surface area (Å²) in [5.41, 5.74) is 4.57. The van der Waals surface area contributed by atoms with E-state index >= 15 is 0 Å². The summed E-state index contributed by atoms with van der Waals surface area (Å²) in [6.07, 6.45) is -2.77. The molecule has 0 fully saturated rings. The molecule has 1 aromatic rings. The van der Waals surface area contributed by atoms with Gasteiger partial charge in [0, 0.05) is 5.56 Å². The van der Waals surface area contributed by atoms with Crippen LogP contribution in [0.5, 0.6) is 0 Å². The number of carbonyl (C=O) groups is 1. The van der Waals surface area contributed by atoms with E-state index in [9.17, 15) is 13.6 Å². The van der Waals surface area contributed by atoms with Crippen molar-refractivity contribution in [1.29, 1.82) is 0 Å². The van der Waals surface area contributed by atoms with Crippen LogP contribution in [0.3, 0.4) is 0 Å². The number of hydrogen-bond acceptors (Lipinski definition) is 4. The van der Waals surface area contributed by atoms with E-state index in [2.05, 4.69) is 25.7 Å². The second kappa shape index (κ2) is 5.20. The zero-order valence-corrected chi connectivity index (χ0v) is 9.92. The van der Waals surface area contributed by atoms with Crippen molar-refractivity contribution in [3.63, 3.8) is 0 Å². The summed E-state index contributed by atoms with van der Waals surface area (Å²) < 4.78 is 29.8. The Morgan fingerprint density at radius 3 is 2.81 bits per heavy atom. The molecule has 1 heterocycles. The van der Waals surface area contributed by atoms with Crippen LogP contribution in [0.25, 0.3) is 0 Å². The maximum Gasteiger partial charge on any atom is 0.356 e. The highest BCUT2D eigenvalue weighted by Crippen LogP contribution is 2.30. The van der Waals surface area contributed by atoms with Crippen LogP contribution in [0, 0.1) is 0 Å². The van der Waals surface area contributed by atoms with Gasteiger partial charge < -0.3 is 10.5 Å². The zero-order chi connectivity index (χ0) is 12.3. The van der Waals surface area contributed by atoms with Crippen molar-refractivity contribution in [2.45, 2.75) is 13.3 Å². The molecule has 0 aromatic carbocycles. The van der Waals surface area contributed by atoms with Gasteiger partial charge >= 0.3 is 5.97 Å². The third kappa shape index (κ3) is 2.66. The minimum Gasteiger partial charge on any atom is -0.461 e. The van der Waals surface area contributed by atoms with Crippen LogP contribution in [0.15, 0.2) is 10.7 Å². The van der Waals surface area contributed by atoms with Crippen LogP contribution in [-0.2, 0) is 4.74 Å². The lowest BCUT2D eigenvalue weighted by atomic mass is 10.2. The van der Waals surface area contributed by atoms with E-state index in [0.717, 1.165) is 6.07 Å². The molecule has 0 unspecified atom stereocenters. The van der Waals surface area contributed by atoms with Crippen LogP contribution >= 0.6 is 15.9 Å². The molecule has 1 aromatic heterocycles. The molecule has 0 saturated carbocycles. The summed E-state index contributed by atoms with van der Waals surface area (Å²) in [6.45, 7) is 1.75. The molecule has 0 aliphatic heterocycles. The molecular formula is C9H9BrF2N2O2. The Balaban J connectivity index is 3.18. The number of esters is 1. The van der Waals surface area contributed by atoms with Gasteiger partial charge in [-0.3, -0.25) is 0 Å². The topological polar surface area (TPSA) is 65.2 Å². The van der Waals surface area contributed by atoms with Crippen molar-refractivity contribution in [3.05, 3.63) is 21.9 Å². The number of nitrogen functional groups attached to an aromatic ring is 1. The quantitative estimate of drug-likeness (QED) is 0.687. The lowest BCUT2D eigenvalue weighted by Gasteiger charge is -2.08. The number of nitrogens with two attached hydrogens (primary N) is 1. The van der Waals surface area contributed by atoms with E-state index in [1.54, 1.807) is 6.92 Å². The van der Waals surface area contributed by atoms with E-state index in [4.69, 9.17) is 5.73 Å². The van der Waals surface area contributed by atoms with Crippen LogP contribution in [0.4, 0.5) is 14.5 Å². The highest BCUT2D eigenvalue weighted by molar-refractivity contribution is 9.10. The Morgan fingerprint density at radius 2 is 2.31 bits per heavy atom. The first-order chi connectivity index (χ1) is 7.47. The minimum absolute atomic E-state index is 0.00773. The van der Waals surface area contributed by atoms with Crippen molar-refractivity contribution < 1.29 is 18.3 Å². The van der Waals surface area contributed by atoms with Crippen molar-refractivity contribution in [2.75, 3.05) is 12.3 Å². The molecule has 0 aliphatic carbocycles. The van der Waals surface area contributed by atoms with E-state index in [1.165, 1.54) is 0 Å². The minimum atomic E-state index is -2.77. The highest BCUT2D eigenvalue weighted by Gasteiger charge is 2.19. The number of anilines is 1. The van der Waals surface area contributed by atoms with E-state index in [1.807, 2.05) is 0 Å². The van der Waals surface area contributed by atoms with Gasteiger partial charge in [0.1, 0.15) is 10.3 Å². The molecular weight excluding hydrogens is 286 g/mol. The molecule has 88 valence electrons. The number of pyridine rings is 1. The van der Waals surface area contributed by atoms with Crippen LogP contribution < -0.4 is 5.73 Å². The second-order valence-electron chi connectivity index (χ2n) is 2.82. The lowest BCUT2D eigenvalue weighted by Crippen LogP contribution is -2.10. The third-order valence-corrected chi connectivity index (χ3v) is 2.37. The Hall–Kier alpha value is -1.24. The van der Waals surface area contributed by atoms with Crippen molar-refractivity contribution in [3.8, 4) is 0 Å². The van der Waals surface area contributed by atoms with Gasteiger partial charge in [-0.2, -0.15) is 0 Å². The SMILES string of the molecule is CCOC(=O)c1cc(C(F)F)c(N)c(Br)n1. The highest BCUT2D eigenvalue weighted by atomic mass is 79.9. The number of rotatable bonds is 3. The summed E-state index contributed by atoms with van der Waals surface area (Å²) in [5, 5.41) is 0. The Labute approximate surface area is 98.9 Å². The number of nitrogens with zero attached hydrogens (tertiary/aromatic N) is 1. The Morgan fingerprint density at radius 1 is 1.69 bits per heavy atom. The smallest absolute Gasteiger partial charge is 0.356 e. The fourth-order valence-electron chi connectivity index (χ4n) is 1.03. The summed E-state index contributed by atoms with van der Waals surface area (Å²) in [5.74, 6) is -0.759. The van der Waals surface area contributed by atoms with Gasteiger partial charge in [0.2, 0.25) is 0 Å². The normalized spacial score (nSPS) is 10.6. The number of carbonyl (C=O) groups excluding carboxylic acids is 1. The number of alkyl halides is 2. The van der Waals surface area contributed by atoms with Gasteiger partial charge in [0.05, 0.1) is 12.3 Å². The van der Waals surface area contributed by atoms with Crippen molar-refractivity contribution in [2.24, 2.45) is 0 Å². The average molecular weight is 295 g/mol. The molecule has 0 aliphatic rings. The fourth-order valence-corrected chi connectivity index (χ4v) is 1.45. The standard InChI is InChI=1S/C9H9BrF2N2O2/c1-2-16-9(15)5-3-4(8(11)12)6(13)7(10)14-5/h3,8H,2,13H2,1H3. The summed E-state index contributed by atoms with van der Waals surface area (Å²) in [6, 6.07) is 0.933. The molecule has 16 heavy (non-hydrogen) atoms. The lowest BCUT2D eigenvalue weighted by molar-refractivity contribution is 0.0519. The summed E-state index contributed by atoms with van der Waals surface area (Å²) in [7, 11) is 0. The average Bonchev–Trinajstić information content (AvgIpc) is 2.21. The molecule has 0 atom stereocenters. The molecule has 0 radical (unpaired) electrons. The molecule has 1 rings (SSSR count). The Bertz CT molecular complexity index is 413. The summed E-state index contributed by atoms with van der Waals surface area (Å²) in [4.78, 5) is 15.0. The monoisotopic (exact) mass is 294 g/mol. The van der Waals surface area contributed by atoms with Crippen LogP contribution in [-0.4, -0.2) is 17.6 Å². The van der Waals surface area contributed by atoms with Crippen LogP contribution in [0.1, 0.15) is 29.4 Å². The molecule has 4 nitrogen and oxygen atoms in total. The van der Waals surface area contributed by atoms with Gasteiger partial charge in [-0.05, 0) is 28.9 Å². The van der Waals surface area contributed by atoms with Crippen LogP contribution in [0.2, 0.25) is 0 Å². The first-order valence-electron chi connectivity index (χ1n) is 4.38. The van der Waals surface area contributed by atoms with Gasteiger partial charge in [0.25, 0.3) is 6.43 Å². The van der Waals surface area contributed by atoms with Crippen molar-refractivity contribution in [1.82, 2.24) is 4.98 Å². The number of ether oxygens (including phenoxy) is 1.